The predicted octanol–water partition coefficient (Wildman–Crippen LogP) is 6.60. The summed E-state index contributed by atoms with van der Waals surface area (Å²) in [6, 6.07) is 11.5. The van der Waals surface area contributed by atoms with Crippen LogP contribution in [-0.2, 0) is 21.2 Å². The summed E-state index contributed by atoms with van der Waals surface area (Å²) >= 11 is 0. The second-order valence-corrected chi connectivity index (χ2v) is 11.1. The van der Waals surface area contributed by atoms with Crippen LogP contribution in [0.15, 0.2) is 52.2 Å². The van der Waals surface area contributed by atoms with Crippen molar-refractivity contribution < 1.29 is 17.9 Å². The smallest absolute Gasteiger partial charge is 0.436 e. The van der Waals surface area contributed by atoms with Gasteiger partial charge < -0.3 is 4.74 Å². The van der Waals surface area contributed by atoms with E-state index in [4.69, 9.17) is 4.74 Å². The van der Waals surface area contributed by atoms with Crippen LogP contribution in [0.1, 0.15) is 83.6 Å². The molecule has 0 atom stereocenters. The fourth-order valence-corrected chi connectivity index (χ4v) is 5.43. The van der Waals surface area contributed by atoms with Gasteiger partial charge in [0.05, 0.1) is 22.4 Å². The number of anilines is 1. The minimum Gasteiger partial charge on any atom is -0.448 e. The minimum atomic E-state index is -3.92. The third-order valence-electron chi connectivity index (χ3n) is 6.44. The van der Waals surface area contributed by atoms with Gasteiger partial charge in [-0.1, -0.05) is 76.8 Å². The molecule has 3 rings (SSSR count). The van der Waals surface area contributed by atoms with Gasteiger partial charge in [-0.3, -0.25) is 14.6 Å². The molecule has 0 spiro atoms. The Bertz CT molecular complexity index is 1310. The summed E-state index contributed by atoms with van der Waals surface area (Å²) < 4.78 is 34.0. The Balaban J connectivity index is 1.51. The number of ether oxygens (including phenoxy) is 1. The first-order valence-corrected chi connectivity index (χ1v) is 14.9. The number of nitrogens with zero attached hydrogens (tertiary/aromatic N) is 1. The van der Waals surface area contributed by atoms with Crippen LogP contribution in [0.5, 0.6) is 0 Å². The number of rotatable bonds is 15. The number of carbonyl (C=O) groups is 1. The van der Waals surface area contributed by atoms with Gasteiger partial charge in [0.2, 0.25) is 0 Å². The van der Waals surface area contributed by atoms with Crippen molar-refractivity contribution in [3.05, 3.63) is 58.4 Å². The lowest BCUT2D eigenvalue weighted by Gasteiger charge is -2.09. The standard InChI is InChI=1S/C28H39N3O5S/c1-3-5-6-7-8-9-10-11-12-13-14-22-15-17-23(18-16-22)30-37(34,35)24-19-20-26-25(21-24)27(32)31(29-26)28(33)36-4-2/h15-21,29-30H,3-14H2,1-2H3. The van der Waals surface area contributed by atoms with Gasteiger partial charge in [-0.2, -0.15) is 0 Å². The molecule has 0 amide bonds. The molecule has 0 saturated heterocycles. The number of hydrogen-bond donors (Lipinski definition) is 2. The van der Waals surface area contributed by atoms with Crippen molar-refractivity contribution in [2.24, 2.45) is 0 Å². The molecule has 2 aromatic carbocycles. The Hall–Kier alpha value is -3.07. The largest absolute Gasteiger partial charge is 0.448 e. The van der Waals surface area contributed by atoms with Crippen LogP contribution in [-0.4, -0.2) is 30.9 Å². The molecule has 0 aliphatic rings. The molecule has 8 nitrogen and oxygen atoms in total. The fourth-order valence-electron chi connectivity index (χ4n) is 4.34. The summed E-state index contributed by atoms with van der Waals surface area (Å²) in [6.45, 7) is 3.99. The molecule has 0 radical (unpaired) electrons. The molecule has 202 valence electrons. The van der Waals surface area contributed by atoms with E-state index >= 15 is 0 Å². The molecule has 0 aliphatic heterocycles. The van der Waals surface area contributed by atoms with Crippen LogP contribution in [0.3, 0.4) is 0 Å². The number of benzene rings is 2. The van der Waals surface area contributed by atoms with E-state index in [2.05, 4.69) is 16.7 Å². The number of sulfonamides is 1. The van der Waals surface area contributed by atoms with E-state index in [1.807, 2.05) is 12.1 Å². The van der Waals surface area contributed by atoms with Gasteiger partial charge in [0, 0.05) is 5.69 Å². The van der Waals surface area contributed by atoms with E-state index in [-0.39, 0.29) is 16.9 Å². The molecule has 37 heavy (non-hydrogen) atoms. The number of carbonyl (C=O) groups excluding carboxylic acids is 1. The molecular formula is C28H39N3O5S. The zero-order chi connectivity index (χ0) is 26.7. The van der Waals surface area contributed by atoms with Gasteiger partial charge in [-0.25, -0.2) is 13.2 Å². The van der Waals surface area contributed by atoms with Gasteiger partial charge in [0.1, 0.15) is 0 Å². The summed E-state index contributed by atoms with van der Waals surface area (Å²) in [5.41, 5.74) is 1.30. The van der Waals surface area contributed by atoms with Crippen LogP contribution < -0.4 is 10.3 Å². The zero-order valence-corrected chi connectivity index (χ0v) is 22.7. The van der Waals surface area contributed by atoms with Gasteiger partial charge in [0.25, 0.3) is 15.6 Å². The van der Waals surface area contributed by atoms with E-state index < -0.39 is 21.7 Å². The van der Waals surface area contributed by atoms with Crippen LogP contribution in [0.2, 0.25) is 0 Å². The summed E-state index contributed by atoms with van der Waals surface area (Å²) in [7, 11) is -3.92. The number of aromatic nitrogens is 2. The highest BCUT2D eigenvalue weighted by Crippen LogP contribution is 2.20. The number of hydrogen-bond acceptors (Lipinski definition) is 5. The van der Waals surface area contributed by atoms with Crippen molar-refractivity contribution in [2.45, 2.75) is 89.4 Å². The van der Waals surface area contributed by atoms with E-state index in [0.29, 0.717) is 11.2 Å². The molecule has 1 heterocycles. The first-order chi connectivity index (χ1) is 17.9. The Kier molecular flexibility index (Phi) is 10.8. The summed E-state index contributed by atoms with van der Waals surface area (Å²) in [5.74, 6) is 0. The highest BCUT2D eigenvalue weighted by Gasteiger charge is 2.19. The highest BCUT2D eigenvalue weighted by atomic mass is 32.2. The lowest BCUT2D eigenvalue weighted by molar-refractivity contribution is 0.149. The maximum absolute atomic E-state index is 12.9. The number of H-pyrrole nitrogens is 1. The molecule has 1 aromatic heterocycles. The molecule has 2 N–H and O–H groups in total. The van der Waals surface area contributed by atoms with Crippen LogP contribution in [0.25, 0.3) is 10.9 Å². The molecular weight excluding hydrogens is 490 g/mol. The highest BCUT2D eigenvalue weighted by molar-refractivity contribution is 7.92. The number of fused-ring (bicyclic) bond motifs is 1. The van der Waals surface area contributed by atoms with E-state index in [1.165, 1.54) is 81.5 Å². The molecule has 0 aliphatic carbocycles. The number of unbranched alkanes of at least 4 members (excludes halogenated alkanes) is 9. The van der Waals surface area contributed by atoms with E-state index in [0.717, 1.165) is 17.5 Å². The normalized spacial score (nSPS) is 11.6. The first-order valence-electron chi connectivity index (χ1n) is 13.4. The second kappa shape index (κ2) is 14.0. The summed E-state index contributed by atoms with van der Waals surface area (Å²) in [6.07, 6.45) is 13.1. The Morgan fingerprint density at radius 3 is 2.14 bits per heavy atom. The fraction of sp³-hybridized carbons (Fsp3) is 0.500. The number of aromatic amines is 1. The van der Waals surface area contributed by atoms with Crippen molar-refractivity contribution >= 4 is 32.7 Å². The number of aryl methyl sites for hydroxylation is 1. The van der Waals surface area contributed by atoms with Gasteiger partial charge in [0.15, 0.2) is 0 Å². The Labute approximate surface area is 219 Å². The lowest BCUT2D eigenvalue weighted by Crippen LogP contribution is -2.25. The molecule has 0 saturated carbocycles. The Morgan fingerprint density at radius 1 is 0.892 bits per heavy atom. The average Bonchev–Trinajstić information content (AvgIpc) is 3.22. The van der Waals surface area contributed by atoms with Crippen molar-refractivity contribution in [1.82, 2.24) is 9.78 Å². The van der Waals surface area contributed by atoms with Gasteiger partial charge in [-0.05, 0) is 55.7 Å². The third-order valence-corrected chi connectivity index (χ3v) is 7.82. The third kappa shape index (κ3) is 8.21. The number of nitrogens with one attached hydrogen (secondary N) is 2. The SMILES string of the molecule is CCCCCCCCCCCCc1ccc(NS(=O)(=O)c2ccc3[nH]n(C(=O)OCC)c(=O)c3c2)cc1. The topological polar surface area (TPSA) is 110 Å². The minimum absolute atomic E-state index is 0.0680. The lowest BCUT2D eigenvalue weighted by atomic mass is 10.0. The van der Waals surface area contributed by atoms with Crippen LogP contribution >= 0.6 is 0 Å². The average molecular weight is 530 g/mol. The first kappa shape index (κ1) is 28.5. The monoisotopic (exact) mass is 529 g/mol. The second-order valence-electron chi connectivity index (χ2n) is 9.39. The van der Waals surface area contributed by atoms with E-state index in [9.17, 15) is 18.0 Å². The van der Waals surface area contributed by atoms with Crippen molar-refractivity contribution in [3.63, 3.8) is 0 Å². The van der Waals surface area contributed by atoms with Crippen LogP contribution in [0, 0.1) is 0 Å². The quantitative estimate of drug-likeness (QED) is 0.216. The Morgan fingerprint density at radius 2 is 1.51 bits per heavy atom. The van der Waals surface area contributed by atoms with Crippen molar-refractivity contribution in [1.29, 1.82) is 0 Å². The molecule has 0 bridgehead atoms. The molecule has 3 aromatic rings. The van der Waals surface area contributed by atoms with E-state index in [1.54, 1.807) is 19.1 Å². The summed E-state index contributed by atoms with van der Waals surface area (Å²) in [4.78, 5) is 24.4. The van der Waals surface area contributed by atoms with Crippen molar-refractivity contribution in [3.8, 4) is 0 Å². The molecule has 9 heteroatoms. The molecule has 0 fully saturated rings. The zero-order valence-electron chi connectivity index (χ0n) is 21.9. The van der Waals surface area contributed by atoms with Crippen LogP contribution in [0.4, 0.5) is 10.5 Å². The van der Waals surface area contributed by atoms with Gasteiger partial charge in [-0.15, -0.1) is 4.68 Å². The van der Waals surface area contributed by atoms with Crippen molar-refractivity contribution in [2.75, 3.05) is 11.3 Å². The predicted molar refractivity (Wildman–Crippen MR) is 148 cm³/mol. The summed E-state index contributed by atoms with van der Waals surface area (Å²) in [5, 5.41) is 2.72. The van der Waals surface area contributed by atoms with Gasteiger partial charge >= 0.3 is 6.09 Å². The molecule has 0 unspecified atom stereocenters. The maximum Gasteiger partial charge on any atom is 0.436 e. The maximum atomic E-state index is 12.9.